The Bertz CT molecular complexity index is 338. The molecule has 0 saturated heterocycles. The highest BCUT2D eigenvalue weighted by Gasteiger charge is 2.23. The summed E-state index contributed by atoms with van der Waals surface area (Å²) in [4.78, 5) is 0. The van der Waals surface area contributed by atoms with Crippen molar-refractivity contribution in [3.63, 3.8) is 0 Å². The molecule has 0 spiro atoms. The zero-order valence-electron chi connectivity index (χ0n) is 8.16. The molecule has 0 radical (unpaired) electrons. The third-order valence-electron chi connectivity index (χ3n) is 2.56. The van der Waals surface area contributed by atoms with E-state index in [9.17, 15) is 0 Å². The minimum atomic E-state index is -0.00236. The Kier molecular flexibility index (Phi) is 2.77. The van der Waals surface area contributed by atoms with Gasteiger partial charge in [-0.15, -0.1) is 0 Å². The molecule has 0 aliphatic carbocycles. The number of fused-ring (bicyclic) bond motifs is 1. The summed E-state index contributed by atoms with van der Waals surface area (Å²) in [5.41, 5.74) is 8.32. The van der Waals surface area contributed by atoms with Gasteiger partial charge in [-0.1, -0.05) is 17.7 Å². The molecule has 1 aromatic carbocycles. The van der Waals surface area contributed by atoms with Gasteiger partial charge in [0.1, 0.15) is 0 Å². The van der Waals surface area contributed by atoms with Crippen molar-refractivity contribution < 1.29 is 4.74 Å². The van der Waals surface area contributed by atoms with E-state index in [4.69, 9.17) is 22.1 Å². The van der Waals surface area contributed by atoms with Crippen molar-refractivity contribution in [1.29, 1.82) is 0 Å². The highest BCUT2D eigenvalue weighted by Crippen LogP contribution is 2.30. The SMILES string of the molecule is CC(N)C1OCCc2ccc(Cl)cc21. The fourth-order valence-corrected chi connectivity index (χ4v) is 2.06. The van der Waals surface area contributed by atoms with E-state index in [0.717, 1.165) is 23.6 Å². The molecule has 76 valence electrons. The van der Waals surface area contributed by atoms with Crippen LogP contribution in [0.25, 0.3) is 0 Å². The number of hydrogen-bond acceptors (Lipinski definition) is 2. The first kappa shape index (κ1) is 9.97. The first-order chi connectivity index (χ1) is 6.68. The highest BCUT2D eigenvalue weighted by atomic mass is 35.5. The zero-order chi connectivity index (χ0) is 10.1. The third-order valence-corrected chi connectivity index (χ3v) is 2.80. The molecule has 2 nitrogen and oxygen atoms in total. The lowest BCUT2D eigenvalue weighted by molar-refractivity contribution is 0.0285. The molecule has 2 unspecified atom stereocenters. The quantitative estimate of drug-likeness (QED) is 0.774. The Hall–Kier alpha value is -0.570. The predicted molar refractivity (Wildman–Crippen MR) is 57.5 cm³/mol. The monoisotopic (exact) mass is 211 g/mol. The second-order valence-electron chi connectivity index (χ2n) is 3.74. The van der Waals surface area contributed by atoms with Gasteiger partial charge in [0, 0.05) is 11.1 Å². The van der Waals surface area contributed by atoms with E-state index in [-0.39, 0.29) is 12.1 Å². The highest BCUT2D eigenvalue weighted by molar-refractivity contribution is 6.30. The second kappa shape index (κ2) is 3.89. The van der Waals surface area contributed by atoms with Crippen molar-refractivity contribution in [2.45, 2.75) is 25.5 Å². The lowest BCUT2D eigenvalue weighted by Gasteiger charge is -2.28. The van der Waals surface area contributed by atoms with E-state index in [0.29, 0.717) is 0 Å². The van der Waals surface area contributed by atoms with Crippen LogP contribution in [0, 0.1) is 0 Å². The van der Waals surface area contributed by atoms with Gasteiger partial charge in [-0.05, 0) is 36.6 Å². The van der Waals surface area contributed by atoms with E-state index in [2.05, 4.69) is 6.07 Å². The van der Waals surface area contributed by atoms with Gasteiger partial charge in [0.25, 0.3) is 0 Å². The van der Waals surface area contributed by atoms with E-state index < -0.39 is 0 Å². The molecular weight excluding hydrogens is 198 g/mol. The maximum atomic E-state index is 5.95. The van der Waals surface area contributed by atoms with Gasteiger partial charge in [0.15, 0.2) is 0 Å². The largest absolute Gasteiger partial charge is 0.372 e. The molecule has 2 rings (SSSR count). The van der Waals surface area contributed by atoms with E-state index in [1.54, 1.807) is 0 Å². The van der Waals surface area contributed by atoms with Gasteiger partial charge < -0.3 is 10.5 Å². The maximum absolute atomic E-state index is 5.95. The Morgan fingerprint density at radius 3 is 3.07 bits per heavy atom. The van der Waals surface area contributed by atoms with Crippen LogP contribution in [0.1, 0.15) is 24.2 Å². The first-order valence-corrected chi connectivity index (χ1v) is 5.22. The van der Waals surface area contributed by atoms with Gasteiger partial charge in [-0.2, -0.15) is 0 Å². The van der Waals surface area contributed by atoms with Crippen LogP contribution in [0.15, 0.2) is 18.2 Å². The Morgan fingerprint density at radius 2 is 2.36 bits per heavy atom. The van der Waals surface area contributed by atoms with Crippen molar-refractivity contribution in [2.24, 2.45) is 5.73 Å². The van der Waals surface area contributed by atoms with Crippen molar-refractivity contribution in [2.75, 3.05) is 6.61 Å². The summed E-state index contributed by atoms with van der Waals surface area (Å²) in [5.74, 6) is 0. The molecule has 2 atom stereocenters. The average molecular weight is 212 g/mol. The second-order valence-corrected chi connectivity index (χ2v) is 4.18. The summed E-state index contributed by atoms with van der Waals surface area (Å²) in [6, 6.07) is 5.95. The lowest BCUT2D eigenvalue weighted by atomic mass is 9.94. The van der Waals surface area contributed by atoms with Crippen LogP contribution in [0.3, 0.4) is 0 Å². The molecule has 2 N–H and O–H groups in total. The van der Waals surface area contributed by atoms with Crippen LogP contribution in [0.2, 0.25) is 5.02 Å². The molecule has 3 heteroatoms. The molecule has 1 aliphatic rings. The van der Waals surface area contributed by atoms with Crippen LogP contribution in [-0.2, 0) is 11.2 Å². The summed E-state index contributed by atoms with van der Waals surface area (Å²) in [7, 11) is 0. The summed E-state index contributed by atoms with van der Waals surface area (Å²) in [5, 5.41) is 0.750. The molecule has 1 heterocycles. The number of rotatable bonds is 1. The van der Waals surface area contributed by atoms with Crippen molar-refractivity contribution >= 4 is 11.6 Å². The molecule has 0 saturated carbocycles. The van der Waals surface area contributed by atoms with E-state index >= 15 is 0 Å². The molecule has 1 aromatic rings. The molecule has 14 heavy (non-hydrogen) atoms. The fourth-order valence-electron chi connectivity index (χ4n) is 1.88. The lowest BCUT2D eigenvalue weighted by Crippen LogP contribution is -2.31. The Balaban J connectivity index is 2.41. The van der Waals surface area contributed by atoms with Gasteiger partial charge in [-0.3, -0.25) is 0 Å². The summed E-state index contributed by atoms with van der Waals surface area (Å²) >= 11 is 5.95. The average Bonchev–Trinajstić information content (AvgIpc) is 2.16. The molecule has 0 aromatic heterocycles. The Morgan fingerprint density at radius 1 is 1.57 bits per heavy atom. The number of hydrogen-bond donors (Lipinski definition) is 1. The van der Waals surface area contributed by atoms with Crippen LogP contribution in [0.4, 0.5) is 0 Å². The van der Waals surface area contributed by atoms with E-state index in [1.165, 1.54) is 5.56 Å². The van der Waals surface area contributed by atoms with Gasteiger partial charge in [-0.25, -0.2) is 0 Å². The van der Waals surface area contributed by atoms with Crippen molar-refractivity contribution in [3.8, 4) is 0 Å². The molecule has 0 amide bonds. The van der Waals surface area contributed by atoms with Crippen molar-refractivity contribution in [1.82, 2.24) is 0 Å². The fraction of sp³-hybridized carbons (Fsp3) is 0.455. The maximum Gasteiger partial charge on any atom is 0.0976 e. The molecule has 0 fully saturated rings. The first-order valence-electron chi connectivity index (χ1n) is 4.84. The van der Waals surface area contributed by atoms with Crippen molar-refractivity contribution in [3.05, 3.63) is 34.3 Å². The predicted octanol–water partition coefficient (Wildman–Crippen LogP) is 2.30. The van der Waals surface area contributed by atoms with Crippen LogP contribution in [0.5, 0.6) is 0 Å². The van der Waals surface area contributed by atoms with Crippen LogP contribution < -0.4 is 5.73 Å². The third kappa shape index (κ3) is 1.78. The zero-order valence-corrected chi connectivity index (χ0v) is 8.92. The normalized spacial score (nSPS) is 22.9. The molecule has 1 aliphatic heterocycles. The van der Waals surface area contributed by atoms with Gasteiger partial charge in [0.05, 0.1) is 12.7 Å². The van der Waals surface area contributed by atoms with Crippen LogP contribution in [-0.4, -0.2) is 12.6 Å². The summed E-state index contributed by atoms with van der Waals surface area (Å²) in [6.07, 6.45) is 0.952. The smallest absolute Gasteiger partial charge is 0.0976 e. The molecular formula is C11H14ClNO. The number of halogens is 1. The summed E-state index contributed by atoms with van der Waals surface area (Å²) in [6.45, 7) is 2.71. The van der Waals surface area contributed by atoms with Crippen LogP contribution >= 0.6 is 11.6 Å². The van der Waals surface area contributed by atoms with Gasteiger partial charge in [0.2, 0.25) is 0 Å². The minimum absolute atomic E-state index is 0.00236. The minimum Gasteiger partial charge on any atom is -0.372 e. The van der Waals surface area contributed by atoms with Gasteiger partial charge >= 0.3 is 0 Å². The topological polar surface area (TPSA) is 35.2 Å². The Labute approximate surface area is 89.0 Å². The summed E-state index contributed by atoms with van der Waals surface area (Å²) < 4.78 is 5.64. The standard InChI is InChI=1S/C11H14ClNO/c1-7(13)11-10-6-9(12)3-2-8(10)4-5-14-11/h2-3,6-7,11H,4-5,13H2,1H3. The number of ether oxygens (including phenoxy) is 1. The number of benzene rings is 1. The number of nitrogens with two attached hydrogens (primary N) is 1. The molecule has 0 bridgehead atoms. The van der Waals surface area contributed by atoms with E-state index in [1.807, 2.05) is 19.1 Å².